The lowest BCUT2D eigenvalue weighted by Crippen LogP contribution is -2.01. The lowest BCUT2D eigenvalue weighted by atomic mass is 10.2. The Kier molecular flexibility index (Phi) is 7.12. The summed E-state index contributed by atoms with van der Waals surface area (Å²) in [5.74, 6) is 1.33. The maximum Gasteiger partial charge on any atom is 0.175 e. The number of aryl methyl sites for hydroxylation is 1. The van der Waals surface area contributed by atoms with Crippen LogP contribution in [0.2, 0.25) is 5.02 Å². The zero-order valence-corrected chi connectivity index (χ0v) is 18.1. The van der Waals surface area contributed by atoms with Gasteiger partial charge in [-0.05, 0) is 76.8 Å². The highest BCUT2D eigenvalue weighted by atomic mass is 79.9. The van der Waals surface area contributed by atoms with Gasteiger partial charge in [0.2, 0.25) is 0 Å². The summed E-state index contributed by atoms with van der Waals surface area (Å²) in [4.78, 5) is 4.59. The third-order valence-electron chi connectivity index (χ3n) is 4.07. The van der Waals surface area contributed by atoms with Gasteiger partial charge in [-0.25, -0.2) is 0 Å². The Morgan fingerprint density at radius 2 is 1.86 bits per heavy atom. The molecule has 0 atom stereocenters. The SMILES string of the molecule is CCOc1cc(C=Nc2ccccc2C)cc(Br)c1OCc1cccc(Cl)c1. The highest BCUT2D eigenvalue weighted by Crippen LogP contribution is 2.37. The molecule has 28 heavy (non-hydrogen) atoms. The molecule has 0 aliphatic heterocycles. The topological polar surface area (TPSA) is 30.8 Å². The number of rotatable bonds is 7. The number of para-hydroxylation sites is 1. The van der Waals surface area contributed by atoms with Gasteiger partial charge in [0.05, 0.1) is 16.8 Å². The Morgan fingerprint density at radius 1 is 1.04 bits per heavy atom. The van der Waals surface area contributed by atoms with Crippen molar-refractivity contribution in [1.82, 2.24) is 0 Å². The molecule has 0 saturated heterocycles. The summed E-state index contributed by atoms with van der Waals surface area (Å²) in [6.45, 7) is 4.93. The Hall–Kier alpha value is -2.30. The van der Waals surface area contributed by atoms with E-state index in [0.29, 0.717) is 29.7 Å². The molecule has 3 nitrogen and oxygen atoms in total. The predicted molar refractivity (Wildman–Crippen MR) is 120 cm³/mol. The third-order valence-corrected chi connectivity index (χ3v) is 4.90. The summed E-state index contributed by atoms with van der Waals surface area (Å²) in [5.41, 5.74) is 3.99. The van der Waals surface area contributed by atoms with Gasteiger partial charge in [-0.15, -0.1) is 0 Å². The van der Waals surface area contributed by atoms with E-state index in [1.807, 2.05) is 80.7 Å². The van der Waals surface area contributed by atoms with E-state index in [0.717, 1.165) is 26.9 Å². The van der Waals surface area contributed by atoms with Crippen LogP contribution in [-0.4, -0.2) is 12.8 Å². The van der Waals surface area contributed by atoms with Crippen molar-refractivity contribution in [1.29, 1.82) is 0 Å². The number of hydrogen-bond acceptors (Lipinski definition) is 3. The second kappa shape index (κ2) is 9.76. The molecule has 0 radical (unpaired) electrons. The van der Waals surface area contributed by atoms with E-state index in [-0.39, 0.29) is 0 Å². The summed E-state index contributed by atoms with van der Waals surface area (Å²) in [5, 5.41) is 0.688. The number of nitrogens with zero attached hydrogens (tertiary/aromatic N) is 1. The number of hydrogen-bond donors (Lipinski definition) is 0. The van der Waals surface area contributed by atoms with E-state index < -0.39 is 0 Å². The van der Waals surface area contributed by atoms with Crippen molar-refractivity contribution in [3.63, 3.8) is 0 Å². The highest BCUT2D eigenvalue weighted by Gasteiger charge is 2.12. The molecule has 0 amide bonds. The fourth-order valence-electron chi connectivity index (χ4n) is 2.70. The third kappa shape index (κ3) is 5.37. The Balaban J connectivity index is 1.84. The molecule has 0 aliphatic carbocycles. The summed E-state index contributed by atoms with van der Waals surface area (Å²) in [6.07, 6.45) is 1.83. The molecule has 3 aromatic rings. The standard InChI is InChI=1S/C23H21BrClNO2/c1-3-27-22-13-18(14-26-21-10-5-4-7-16(21)2)12-20(24)23(22)28-15-17-8-6-9-19(25)11-17/h4-14H,3,15H2,1-2H3. The minimum absolute atomic E-state index is 0.399. The highest BCUT2D eigenvalue weighted by molar-refractivity contribution is 9.10. The molecule has 0 unspecified atom stereocenters. The number of halogens is 2. The zero-order valence-electron chi connectivity index (χ0n) is 15.8. The van der Waals surface area contributed by atoms with Crippen LogP contribution in [0.3, 0.4) is 0 Å². The Labute approximate surface area is 179 Å². The summed E-state index contributed by atoms with van der Waals surface area (Å²) in [7, 11) is 0. The smallest absolute Gasteiger partial charge is 0.175 e. The molecule has 0 N–H and O–H groups in total. The van der Waals surface area contributed by atoms with Gasteiger partial charge in [-0.2, -0.15) is 0 Å². The molecule has 0 fully saturated rings. The van der Waals surface area contributed by atoms with Crippen molar-refractivity contribution in [2.75, 3.05) is 6.61 Å². The minimum Gasteiger partial charge on any atom is -0.490 e. The first-order chi connectivity index (χ1) is 13.6. The lowest BCUT2D eigenvalue weighted by Gasteiger charge is -2.15. The van der Waals surface area contributed by atoms with Crippen molar-refractivity contribution in [2.45, 2.75) is 20.5 Å². The van der Waals surface area contributed by atoms with Crippen LogP contribution in [0, 0.1) is 6.92 Å². The minimum atomic E-state index is 0.399. The van der Waals surface area contributed by atoms with Crippen LogP contribution in [-0.2, 0) is 6.61 Å². The quantitative estimate of drug-likeness (QED) is 0.352. The van der Waals surface area contributed by atoms with Crippen LogP contribution in [0.5, 0.6) is 11.5 Å². The van der Waals surface area contributed by atoms with Crippen molar-refractivity contribution in [2.24, 2.45) is 4.99 Å². The number of aliphatic imine (C=N–C) groups is 1. The van der Waals surface area contributed by atoms with Crippen LogP contribution < -0.4 is 9.47 Å². The number of benzene rings is 3. The fraction of sp³-hybridized carbons (Fsp3) is 0.174. The van der Waals surface area contributed by atoms with Crippen molar-refractivity contribution >= 4 is 39.4 Å². The second-order valence-corrected chi connectivity index (χ2v) is 7.52. The van der Waals surface area contributed by atoms with E-state index in [1.165, 1.54) is 0 Å². The van der Waals surface area contributed by atoms with E-state index >= 15 is 0 Å². The monoisotopic (exact) mass is 457 g/mol. The van der Waals surface area contributed by atoms with Gasteiger partial charge < -0.3 is 9.47 Å². The fourth-order valence-corrected chi connectivity index (χ4v) is 3.49. The first-order valence-electron chi connectivity index (χ1n) is 9.00. The molecular weight excluding hydrogens is 438 g/mol. The molecule has 0 aliphatic rings. The van der Waals surface area contributed by atoms with Gasteiger partial charge in [-0.3, -0.25) is 4.99 Å². The van der Waals surface area contributed by atoms with Crippen molar-refractivity contribution < 1.29 is 9.47 Å². The van der Waals surface area contributed by atoms with Gasteiger partial charge in [0.25, 0.3) is 0 Å². The normalized spacial score (nSPS) is 11.0. The molecule has 0 saturated carbocycles. The van der Waals surface area contributed by atoms with E-state index in [9.17, 15) is 0 Å². The maximum absolute atomic E-state index is 6.05. The first kappa shape index (κ1) is 20.4. The molecule has 144 valence electrons. The molecule has 3 rings (SSSR count). The van der Waals surface area contributed by atoms with E-state index in [2.05, 4.69) is 20.9 Å². The molecule has 0 spiro atoms. The van der Waals surface area contributed by atoms with Gasteiger partial charge in [0.1, 0.15) is 6.61 Å². The van der Waals surface area contributed by atoms with Crippen LogP contribution in [0.15, 0.2) is 70.1 Å². The molecule has 0 heterocycles. The van der Waals surface area contributed by atoms with E-state index in [1.54, 1.807) is 0 Å². The van der Waals surface area contributed by atoms with Crippen molar-refractivity contribution in [3.05, 3.63) is 86.8 Å². The molecular formula is C23H21BrClNO2. The lowest BCUT2D eigenvalue weighted by molar-refractivity contribution is 0.267. The van der Waals surface area contributed by atoms with Crippen LogP contribution in [0.1, 0.15) is 23.6 Å². The molecule has 0 aromatic heterocycles. The summed E-state index contributed by atoms with van der Waals surface area (Å²) in [6, 6.07) is 19.5. The first-order valence-corrected chi connectivity index (χ1v) is 10.2. The van der Waals surface area contributed by atoms with Gasteiger partial charge in [-0.1, -0.05) is 41.9 Å². The average Bonchev–Trinajstić information content (AvgIpc) is 2.67. The van der Waals surface area contributed by atoms with Gasteiger partial charge in [0, 0.05) is 11.2 Å². The average molecular weight is 459 g/mol. The molecule has 0 bridgehead atoms. The molecule has 5 heteroatoms. The predicted octanol–water partition coefficient (Wildman–Crippen LogP) is 7.14. The summed E-state index contributed by atoms with van der Waals surface area (Å²) >= 11 is 9.66. The van der Waals surface area contributed by atoms with Gasteiger partial charge >= 0.3 is 0 Å². The van der Waals surface area contributed by atoms with E-state index in [4.69, 9.17) is 21.1 Å². The second-order valence-electron chi connectivity index (χ2n) is 6.23. The van der Waals surface area contributed by atoms with Crippen LogP contribution >= 0.6 is 27.5 Å². The Morgan fingerprint density at radius 3 is 2.61 bits per heavy atom. The zero-order chi connectivity index (χ0) is 19.9. The maximum atomic E-state index is 6.05. The van der Waals surface area contributed by atoms with Crippen LogP contribution in [0.25, 0.3) is 0 Å². The summed E-state index contributed by atoms with van der Waals surface area (Å²) < 4.78 is 12.6. The van der Waals surface area contributed by atoms with Gasteiger partial charge in [0.15, 0.2) is 11.5 Å². The Bertz CT molecular complexity index is 988. The van der Waals surface area contributed by atoms with Crippen molar-refractivity contribution in [3.8, 4) is 11.5 Å². The number of ether oxygens (including phenoxy) is 2. The van der Waals surface area contributed by atoms with Crippen LogP contribution in [0.4, 0.5) is 5.69 Å². The molecule has 3 aromatic carbocycles. The largest absolute Gasteiger partial charge is 0.490 e.